The summed E-state index contributed by atoms with van der Waals surface area (Å²) in [5, 5.41) is 0. The number of aryl methyl sites for hydroxylation is 2. The van der Waals surface area contributed by atoms with Gasteiger partial charge in [0.05, 0.1) is 6.42 Å². The molecule has 2 rings (SSSR count). The first-order valence-electron chi connectivity index (χ1n) is 6.37. The third-order valence-corrected chi connectivity index (χ3v) is 3.66. The number of aromatic nitrogens is 1. The second-order valence-corrected chi connectivity index (χ2v) is 5.58. The van der Waals surface area contributed by atoms with Crippen molar-refractivity contribution in [3.8, 4) is 12.3 Å². The average molecular weight is 472 g/mol. The Balaban J connectivity index is 0.00000242. The maximum atomic E-state index is 11.7. The van der Waals surface area contributed by atoms with Crippen molar-refractivity contribution in [1.29, 1.82) is 0 Å². The van der Waals surface area contributed by atoms with Gasteiger partial charge in [-0.1, -0.05) is 29.0 Å². The number of rotatable bonds is 4. The molecule has 22 heavy (non-hydrogen) atoms. The van der Waals surface area contributed by atoms with Crippen LogP contribution in [0.4, 0.5) is 5.69 Å². The average Bonchev–Trinajstić information content (AvgIpc) is 2.77. The fourth-order valence-corrected chi connectivity index (χ4v) is 2.59. The number of carbonyl (C=O) groups is 1. The van der Waals surface area contributed by atoms with Gasteiger partial charge in [0.25, 0.3) is 0 Å². The molecule has 0 aliphatic heterocycles. The van der Waals surface area contributed by atoms with Crippen LogP contribution in [-0.4, -0.2) is 17.1 Å². The van der Waals surface area contributed by atoms with Crippen LogP contribution in [0.5, 0.6) is 0 Å². The van der Waals surface area contributed by atoms with Gasteiger partial charge in [-0.3, -0.25) is 4.79 Å². The van der Waals surface area contributed by atoms with E-state index >= 15 is 0 Å². The molecule has 0 atom stereocenters. The zero-order chi connectivity index (χ0) is 15.2. The summed E-state index contributed by atoms with van der Waals surface area (Å²) < 4.78 is 6.74. The van der Waals surface area contributed by atoms with Gasteiger partial charge in [-0.05, 0) is 25.6 Å². The summed E-state index contributed by atoms with van der Waals surface area (Å²) in [6, 6.07) is 7.49. The molecule has 1 aromatic heterocycles. The Labute approximate surface area is 172 Å². The number of benzene rings is 1. The van der Waals surface area contributed by atoms with Crippen LogP contribution in [0.3, 0.4) is 0 Å². The molecule has 1 aromatic carbocycles. The normalized spacial score (nSPS) is 10.7. The number of para-hydroxylation sites is 1. The van der Waals surface area contributed by atoms with Crippen LogP contribution in [0, 0.1) is 72.4 Å². The Morgan fingerprint density at radius 2 is 2.23 bits per heavy atom. The SMILES string of the molecule is C#CCOC(=O)Cc1ccccc1N=c1sc(C)[c-]n1C.[Yb]. The van der Waals surface area contributed by atoms with Crippen molar-refractivity contribution in [2.75, 3.05) is 6.61 Å². The Hall–Kier alpha value is -0.801. The van der Waals surface area contributed by atoms with Gasteiger partial charge in [-0.25, -0.2) is 11.3 Å². The van der Waals surface area contributed by atoms with Crippen molar-refractivity contribution in [3.05, 3.63) is 45.7 Å². The molecule has 0 unspecified atom stereocenters. The van der Waals surface area contributed by atoms with Crippen LogP contribution < -0.4 is 4.80 Å². The summed E-state index contributed by atoms with van der Waals surface area (Å²) in [4.78, 5) is 18.2. The van der Waals surface area contributed by atoms with E-state index in [-0.39, 0.29) is 65.9 Å². The molecule has 0 aliphatic rings. The smallest absolute Gasteiger partial charge is 0.311 e. The van der Waals surface area contributed by atoms with E-state index in [1.165, 1.54) is 0 Å². The fraction of sp³-hybridized carbons (Fsp3) is 0.250. The zero-order valence-electron chi connectivity index (χ0n) is 12.2. The first-order valence-corrected chi connectivity index (χ1v) is 7.19. The number of terminal acetylenes is 1. The van der Waals surface area contributed by atoms with Crippen LogP contribution in [0.15, 0.2) is 29.3 Å². The topological polar surface area (TPSA) is 43.6 Å². The second kappa shape index (κ2) is 9.36. The molecule has 0 spiro atoms. The molecule has 0 radical (unpaired) electrons. The molecule has 0 N–H and O–H groups in total. The van der Waals surface area contributed by atoms with Gasteiger partial charge in [0.15, 0.2) is 6.61 Å². The first-order chi connectivity index (χ1) is 10.1. The predicted octanol–water partition coefficient (Wildman–Crippen LogP) is 2.15. The summed E-state index contributed by atoms with van der Waals surface area (Å²) in [5.41, 5.74) is 1.56. The molecule has 4 nitrogen and oxygen atoms in total. The number of hydrogen-bond acceptors (Lipinski definition) is 4. The maximum Gasteiger partial charge on any atom is 0.311 e. The van der Waals surface area contributed by atoms with Gasteiger partial charge in [0.1, 0.15) is 0 Å². The van der Waals surface area contributed by atoms with Gasteiger partial charge < -0.3 is 14.3 Å². The number of esters is 1. The van der Waals surface area contributed by atoms with Gasteiger partial charge in [-0.15, -0.1) is 6.42 Å². The van der Waals surface area contributed by atoms with Crippen molar-refractivity contribution in [2.45, 2.75) is 13.3 Å². The van der Waals surface area contributed by atoms with E-state index < -0.39 is 0 Å². The third kappa shape index (κ3) is 5.44. The number of ether oxygens (including phenoxy) is 1. The van der Waals surface area contributed by atoms with E-state index in [0.717, 1.165) is 20.9 Å². The molecule has 0 saturated heterocycles. The number of hydrogen-bond donors (Lipinski definition) is 0. The van der Waals surface area contributed by atoms with E-state index in [1.54, 1.807) is 11.3 Å². The number of nitrogens with zero attached hydrogens (tertiary/aromatic N) is 2. The van der Waals surface area contributed by atoms with Crippen molar-refractivity contribution in [3.63, 3.8) is 0 Å². The van der Waals surface area contributed by atoms with Crippen LogP contribution in [0.1, 0.15) is 10.4 Å². The van der Waals surface area contributed by atoms with Gasteiger partial charge >= 0.3 is 5.97 Å². The van der Waals surface area contributed by atoms with Gasteiger partial charge in [-0.2, -0.15) is 6.20 Å². The van der Waals surface area contributed by atoms with Crippen molar-refractivity contribution in [2.24, 2.45) is 12.0 Å². The fourth-order valence-electron chi connectivity index (χ4n) is 1.81. The van der Waals surface area contributed by atoms with E-state index in [1.807, 2.05) is 42.8 Å². The van der Waals surface area contributed by atoms with E-state index in [9.17, 15) is 4.79 Å². The summed E-state index contributed by atoms with van der Waals surface area (Å²) in [7, 11) is 1.89. The standard InChI is InChI=1S/C16H15N2O2S.Yb/c1-4-9-20-15(19)10-13-7-5-6-8-14(13)17-16-18(3)11-12(2)21-16;/h1,5-8H,9-10H2,2-3H3;/q-1;. The zero-order valence-corrected chi connectivity index (χ0v) is 14.7. The molecule has 1 heterocycles. The molecule has 122 valence electrons. The molecule has 0 aliphatic carbocycles. The molecular weight excluding hydrogens is 457 g/mol. The Morgan fingerprint density at radius 3 is 2.86 bits per heavy atom. The summed E-state index contributed by atoms with van der Waals surface area (Å²) in [6.45, 7) is 1.97. The minimum atomic E-state index is -0.353. The molecule has 0 fully saturated rings. The first kappa shape index (κ1) is 19.2. The van der Waals surface area contributed by atoms with Crippen LogP contribution in [-0.2, 0) is 23.0 Å². The second-order valence-electron chi connectivity index (χ2n) is 4.39. The number of thiazole rings is 1. The Kier molecular flexibility index (Phi) is 8.19. The summed E-state index contributed by atoms with van der Waals surface area (Å²) in [5.74, 6) is 1.92. The van der Waals surface area contributed by atoms with E-state index in [0.29, 0.717) is 0 Å². The van der Waals surface area contributed by atoms with E-state index in [2.05, 4.69) is 17.1 Å². The quantitative estimate of drug-likeness (QED) is 0.389. The van der Waals surface area contributed by atoms with Crippen LogP contribution >= 0.6 is 11.3 Å². The molecule has 6 heteroatoms. The predicted molar refractivity (Wildman–Crippen MR) is 82.0 cm³/mol. The van der Waals surface area contributed by atoms with Crippen LogP contribution in [0.2, 0.25) is 0 Å². The minimum Gasteiger partial charge on any atom is -0.490 e. The third-order valence-electron chi connectivity index (χ3n) is 2.72. The van der Waals surface area contributed by atoms with Crippen molar-refractivity contribution < 1.29 is 56.5 Å². The number of carbonyl (C=O) groups excluding carboxylic acids is 1. The van der Waals surface area contributed by atoms with Gasteiger partial charge in [0, 0.05) is 57.4 Å². The molecule has 2 aromatic rings. The minimum absolute atomic E-state index is 0. The molecule has 0 amide bonds. The van der Waals surface area contributed by atoms with Crippen molar-refractivity contribution >= 4 is 23.0 Å². The Bertz CT molecular complexity index is 756. The van der Waals surface area contributed by atoms with Gasteiger partial charge in [0.2, 0.25) is 0 Å². The molecular formula is C16H15N2O2SYb-. The Morgan fingerprint density at radius 1 is 1.50 bits per heavy atom. The summed E-state index contributed by atoms with van der Waals surface area (Å²) in [6.07, 6.45) is 8.37. The monoisotopic (exact) mass is 473 g/mol. The maximum absolute atomic E-state index is 11.7. The molecule has 0 saturated carbocycles. The molecule has 0 bridgehead atoms. The van der Waals surface area contributed by atoms with Crippen LogP contribution in [0.25, 0.3) is 0 Å². The van der Waals surface area contributed by atoms with Crippen molar-refractivity contribution in [1.82, 2.24) is 4.57 Å². The summed E-state index contributed by atoms with van der Waals surface area (Å²) >= 11 is 1.55. The van der Waals surface area contributed by atoms with E-state index in [4.69, 9.17) is 11.2 Å². The largest absolute Gasteiger partial charge is 0.490 e.